The summed E-state index contributed by atoms with van der Waals surface area (Å²) in [6.45, 7) is 4.17. The van der Waals surface area contributed by atoms with Gasteiger partial charge in [-0.15, -0.1) is 10.2 Å². The summed E-state index contributed by atoms with van der Waals surface area (Å²) in [5, 5.41) is 14.1. The summed E-state index contributed by atoms with van der Waals surface area (Å²) < 4.78 is 8.29. The van der Waals surface area contributed by atoms with Gasteiger partial charge < -0.3 is 4.74 Å². The van der Waals surface area contributed by atoms with Gasteiger partial charge in [-0.3, -0.25) is 0 Å². The van der Waals surface area contributed by atoms with Crippen molar-refractivity contribution in [2.24, 2.45) is 5.10 Å². The molecule has 0 spiro atoms. The smallest absolute Gasteiger partial charge is 0.212 e. The van der Waals surface area contributed by atoms with Gasteiger partial charge in [0, 0.05) is 21.7 Å². The van der Waals surface area contributed by atoms with E-state index in [1.165, 1.54) is 5.56 Å². The lowest BCUT2D eigenvalue weighted by Gasteiger charge is -2.07. The minimum Gasteiger partial charge on any atom is -0.496 e. The Morgan fingerprint density at radius 3 is 2.59 bits per heavy atom. The van der Waals surface area contributed by atoms with Crippen LogP contribution in [-0.4, -0.2) is 28.2 Å². The van der Waals surface area contributed by atoms with E-state index >= 15 is 0 Å². The molecule has 3 aromatic rings. The summed E-state index contributed by atoms with van der Waals surface area (Å²) in [7, 11) is 1.66. The summed E-state index contributed by atoms with van der Waals surface area (Å²) in [5.41, 5.74) is 2.13. The van der Waals surface area contributed by atoms with Gasteiger partial charge in [0.2, 0.25) is 5.16 Å². The molecule has 0 aliphatic rings. The van der Waals surface area contributed by atoms with Crippen molar-refractivity contribution in [3.63, 3.8) is 0 Å². The molecule has 0 saturated carbocycles. The van der Waals surface area contributed by atoms with E-state index in [1.54, 1.807) is 25.1 Å². The van der Waals surface area contributed by atoms with E-state index in [2.05, 4.69) is 57.2 Å². The zero-order chi connectivity index (χ0) is 19.2. The molecule has 0 atom stereocenters. The average molecular weight is 445 g/mol. The number of benzene rings is 2. The normalized spacial score (nSPS) is 11.4. The van der Waals surface area contributed by atoms with Crippen LogP contribution in [0.1, 0.15) is 36.7 Å². The van der Waals surface area contributed by atoms with Crippen LogP contribution in [0.4, 0.5) is 0 Å². The van der Waals surface area contributed by atoms with Crippen molar-refractivity contribution >= 4 is 33.9 Å². The molecule has 0 N–H and O–H groups in total. The van der Waals surface area contributed by atoms with Gasteiger partial charge in [-0.1, -0.05) is 65.8 Å². The number of aromatic nitrogens is 3. The lowest BCUT2D eigenvalue weighted by atomic mass is 10.2. The molecule has 0 aliphatic heterocycles. The van der Waals surface area contributed by atoms with E-state index in [0.29, 0.717) is 0 Å². The van der Waals surface area contributed by atoms with Crippen LogP contribution in [-0.2, 0) is 5.75 Å². The fourth-order valence-electron chi connectivity index (χ4n) is 2.46. The lowest BCUT2D eigenvalue weighted by Crippen LogP contribution is -2.02. The minimum absolute atomic E-state index is 0.217. The molecular weight excluding hydrogens is 424 g/mol. The van der Waals surface area contributed by atoms with Gasteiger partial charge >= 0.3 is 0 Å². The molecule has 0 saturated heterocycles. The maximum absolute atomic E-state index is 5.40. The maximum Gasteiger partial charge on any atom is 0.212 e. The highest BCUT2D eigenvalue weighted by Crippen LogP contribution is 2.25. The molecule has 0 aliphatic carbocycles. The Labute approximate surface area is 172 Å². The van der Waals surface area contributed by atoms with Gasteiger partial charge in [0.1, 0.15) is 5.75 Å². The van der Waals surface area contributed by atoms with Crippen molar-refractivity contribution in [3.8, 4) is 5.75 Å². The third-order valence-electron chi connectivity index (χ3n) is 3.89. The van der Waals surface area contributed by atoms with Crippen LogP contribution >= 0.6 is 27.7 Å². The second-order valence-electron chi connectivity index (χ2n) is 6.21. The van der Waals surface area contributed by atoms with E-state index in [4.69, 9.17) is 4.74 Å². The van der Waals surface area contributed by atoms with Crippen molar-refractivity contribution in [3.05, 3.63) is 70.0 Å². The van der Waals surface area contributed by atoms with Crippen molar-refractivity contribution < 1.29 is 4.74 Å². The third kappa shape index (κ3) is 4.99. The van der Waals surface area contributed by atoms with Crippen molar-refractivity contribution in [1.29, 1.82) is 0 Å². The van der Waals surface area contributed by atoms with E-state index in [1.807, 2.05) is 41.1 Å². The second-order valence-corrected chi connectivity index (χ2v) is 8.07. The van der Waals surface area contributed by atoms with Gasteiger partial charge in [-0.25, -0.2) is 0 Å². The zero-order valence-corrected chi connectivity index (χ0v) is 17.9. The molecule has 3 rings (SSSR count). The number of rotatable bonds is 7. The number of para-hydroxylation sites is 1. The van der Waals surface area contributed by atoms with Crippen molar-refractivity contribution in [1.82, 2.24) is 14.9 Å². The van der Waals surface area contributed by atoms with Gasteiger partial charge in [0.25, 0.3) is 0 Å². The predicted molar refractivity (Wildman–Crippen MR) is 114 cm³/mol. The Morgan fingerprint density at radius 1 is 1.15 bits per heavy atom. The molecule has 140 valence electrons. The number of halogens is 1. The van der Waals surface area contributed by atoms with E-state index in [0.717, 1.165) is 32.5 Å². The zero-order valence-electron chi connectivity index (χ0n) is 15.5. The molecule has 1 aromatic heterocycles. The largest absolute Gasteiger partial charge is 0.496 e. The lowest BCUT2D eigenvalue weighted by molar-refractivity contribution is 0.414. The Morgan fingerprint density at radius 2 is 1.89 bits per heavy atom. The third-order valence-corrected chi connectivity index (χ3v) is 5.40. The summed E-state index contributed by atoms with van der Waals surface area (Å²) in [6.07, 6.45) is 1.79. The van der Waals surface area contributed by atoms with E-state index < -0.39 is 0 Å². The Bertz CT molecular complexity index is 922. The van der Waals surface area contributed by atoms with Gasteiger partial charge in [0.15, 0.2) is 5.82 Å². The van der Waals surface area contributed by atoms with Crippen molar-refractivity contribution in [2.75, 3.05) is 7.11 Å². The SMILES string of the molecule is COc1ccccc1/C=N\n1c(SCc2ccc(Br)cc2)nnc1C(C)C. The summed E-state index contributed by atoms with van der Waals surface area (Å²) >= 11 is 5.08. The minimum atomic E-state index is 0.217. The van der Waals surface area contributed by atoms with Crippen LogP contribution in [0.2, 0.25) is 0 Å². The molecule has 5 nitrogen and oxygen atoms in total. The van der Waals surface area contributed by atoms with Crippen molar-refractivity contribution in [2.45, 2.75) is 30.7 Å². The van der Waals surface area contributed by atoms with E-state index in [9.17, 15) is 0 Å². The van der Waals surface area contributed by atoms with Crippen LogP contribution in [0.15, 0.2) is 63.3 Å². The molecule has 7 heteroatoms. The Hall–Kier alpha value is -2.12. The van der Waals surface area contributed by atoms with Crippen LogP contribution in [0.5, 0.6) is 5.75 Å². The topological polar surface area (TPSA) is 52.3 Å². The molecule has 2 aromatic carbocycles. The summed E-state index contributed by atoms with van der Waals surface area (Å²) in [6, 6.07) is 16.1. The Balaban J connectivity index is 1.85. The van der Waals surface area contributed by atoms with Crippen LogP contribution < -0.4 is 4.74 Å². The average Bonchev–Trinajstić information content (AvgIpc) is 3.09. The molecule has 1 heterocycles. The summed E-state index contributed by atoms with van der Waals surface area (Å²) in [4.78, 5) is 0. The van der Waals surface area contributed by atoms with E-state index in [-0.39, 0.29) is 5.92 Å². The molecule has 27 heavy (non-hydrogen) atoms. The number of thioether (sulfide) groups is 1. The van der Waals surface area contributed by atoms with Gasteiger partial charge in [0.05, 0.1) is 13.3 Å². The molecule has 0 unspecified atom stereocenters. The first-order valence-electron chi connectivity index (χ1n) is 8.58. The quantitative estimate of drug-likeness (QED) is 0.364. The number of hydrogen-bond donors (Lipinski definition) is 0. The first-order chi connectivity index (χ1) is 13.1. The number of nitrogens with zero attached hydrogens (tertiary/aromatic N) is 4. The maximum atomic E-state index is 5.40. The van der Waals surface area contributed by atoms with Crippen LogP contribution in [0, 0.1) is 0 Å². The molecule has 0 amide bonds. The van der Waals surface area contributed by atoms with Crippen LogP contribution in [0.3, 0.4) is 0 Å². The van der Waals surface area contributed by atoms with Gasteiger partial charge in [-0.05, 0) is 29.8 Å². The molecular formula is C20H21BrN4OS. The molecule has 0 fully saturated rings. The first-order valence-corrected chi connectivity index (χ1v) is 10.4. The Kier molecular flexibility index (Phi) is 6.68. The molecule has 0 radical (unpaired) electrons. The monoisotopic (exact) mass is 444 g/mol. The second kappa shape index (κ2) is 9.19. The highest BCUT2D eigenvalue weighted by atomic mass is 79.9. The van der Waals surface area contributed by atoms with Gasteiger partial charge in [-0.2, -0.15) is 9.78 Å². The fourth-order valence-corrected chi connectivity index (χ4v) is 3.57. The first kappa shape index (κ1) is 19.6. The number of methoxy groups -OCH3 is 1. The summed E-state index contributed by atoms with van der Waals surface area (Å²) in [5.74, 6) is 2.63. The highest BCUT2D eigenvalue weighted by molar-refractivity contribution is 9.10. The number of hydrogen-bond acceptors (Lipinski definition) is 5. The number of ether oxygens (including phenoxy) is 1. The fraction of sp³-hybridized carbons (Fsp3) is 0.250. The highest BCUT2D eigenvalue weighted by Gasteiger charge is 2.15. The standard InChI is InChI=1S/C20H21BrN4OS/c1-14(2)19-23-24-20(27-13-15-8-10-17(21)11-9-15)25(19)22-12-16-6-4-5-7-18(16)26-3/h4-12,14H,13H2,1-3H3/b22-12-. The predicted octanol–water partition coefficient (Wildman–Crippen LogP) is 5.35. The molecule has 0 bridgehead atoms. The van der Waals surface area contributed by atoms with Crippen LogP contribution in [0.25, 0.3) is 0 Å².